The van der Waals surface area contributed by atoms with E-state index in [1.54, 1.807) is 6.21 Å². The molecular formula is C18H28N2O2. The van der Waals surface area contributed by atoms with Crippen molar-refractivity contribution in [1.29, 1.82) is 0 Å². The van der Waals surface area contributed by atoms with Crippen LogP contribution in [0.5, 0.6) is 0 Å². The number of aliphatic hydroxyl groups excluding tert-OH is 1. The van der Waals surface area contributed by atoms with E-state index in [1.165, 1.54) is 25.7 Å². The third kappa shape index (κ3) is 9.29. The Morgan fingerprint density at radius 1 is 1.18 bits per heavy atom. The molecule has 0 aliphatic heterocycles. The first-order valence-corrected chi connectivity index (χ1v) is 8.27. The Morgan fingerprint density at radius 2 is 1.91 bits per heavy atom. The number of hydrogen-bond acceptors (Lipinski definition) is 3. The lowest BCUT2D eigenvalue weighted by molar-refractivity contribution is -0.121. The van der Waals surface area contributed by atoms with Gasteiger partial charge in [0.05, 0.1) is 12.3 Å². The van der Waals surface area contributed by atoms with Crippen LogP contribution in [0.25, 0.3) is 0 Å². The molecule has 1 amide bonds. The number of unbranched alkanes of at least 4 members (excludes halogenated alkanes) is 4. The van der Waals surface area contributed by atoms with E-state index in [4.69, 9.17) is 0 Å². The zero-order valence-electron chi connectivity index (χ0n) is 13.5. The van der Waals surface area contributed by atoms with E-state index < -0.39 is 0 Å². The average Bonchev–Trinajstić information content (AvgIpc) is 2.54. The normalized spacial score (nSPS) is 12.5. The van der Waals surface area contributed by atoms with E-state index in [0.29, 0.717) is 12.8 Å². The van der Waals surface area contributed by atoms with Crippen LogP contribution in [0.1, 0.15) is 63.9 Å². The van der Waals surface area contributed by atoms with E-state index >= 15 is 0 Å². The molecule has 4 heteroatoms. The van der Waals surface area contributed by atoms with Crippen LogP contribution in [0.3, 0.4) is 0 Å². The second kappa shape index (κ2) is 11.9. The van der Waals surface area contributed by atoms with Crippen LogP contribution in [-0.2, 0) is 4.79 Å². The number of benzene rings is 1. The highest BCUT2D eigenvalue weighted by Crippen LogP contribution is 2.10. The van der Waals surface area contributed by atoms with Crippen molar-refractivity contribution in [2.24, 2.45) is 5.10 Å². The van der Waals surface area contributed by atoms with Crippen LogP contribution in [0.2, 0.25) is 0 Å². The molecule has 0 heterocycles. The van der Waals surface area contributed by atoms with Gasteiger partial charge in [-0.25, -0.2) is 5.43 Å². The molecule has 1 aromatic carbocycles. The minimum absolute atomic E-state index is 0.155. The number of carbonyl (C=O) groups excluding carboxylic acids is 1. The van der Waals surface area contributed by atoms with Crippen molar-refractivity contribution < 1.29 is 9.90 Å². The van der Waals surface area contributed by atoms with Gasteiger partial charge in [0.1, 0.15) is 0 Å². The Labute approximate surface area is 133 Å². The van der Waals surface area contributed by atoms with E-state index in [2.05, 4.69) is 17.5 Å². The quantitative estimate of drug-likeness (QED) is 0.372. The van der Waals surface area contributed by atoms with Crippen molar-refractivity contribution in [3.63, 3.8) is 0 Å². The molecule has 0 spiro atoms. The largest absolute Gasteiger partial charge is 0.393 e. The summed E-state index contributed by atoms with van der Waals surface area (Å²) in [6, 6.07) is 9.59. The number of hydrogen-bond donors (Lipinski definition) is 2. The molecule has 0 unspecified atom stereocenters. The summed E-state index contributed by atoms with van der Waals surface area (Å²) in [4.78, 5) is 11.6. The second-order valence-electron chi connectivity index (χ2n) is 5.60. The molecule has 0 fully saturated rings. The summed E-state index contributed by atoms with van der Waals surface area (Å²) in [5, 5.41) is 13.7. The van der Waals surface area contributed by atoms with Crippen LogP contribution in [0.4, 0.5) is 0 Å². The highest BCUT2D eigenvalue weighted by molar-refractivity contribution is 5.82. The molecule has 2 N–H and O–H groups in total. The molecule has 0 radical (unpaired) electrons. The Morgan fingerprint density at radius 3 is 2.64 bits per heavy atom. The third-order valence-corrected chi connectivity index (χ3v) is 3.55. The Kier molecular flexibility index (Phi) is 9.96. The van der Waals surface area contributed by atoms with Crippen LogP contribution in [-0.4, -0.2) is 23.3 Å². The molecule has 0 aliphatic carbocycles. The first kappa shape index (κ1) is 18.4. The van der Waals surface area contributed by atoms with E-state index in [9.17, 15) is 9.90 Å². The van der Waals surface area contributed by atoms with Crippen LogP contribution in [0, 0.1) is 0 Å². The predicted molar refractivity (Wildman–Crippen MR) is 90.8 cm³/mol. The summed E-state index contributed by atoms with van der Waals surface area (Å²) in [5.74, 6) is -0.155. The van der Waals surface area contributed by atoms with Gasteiger partial charge in [-0.1, -0.05) is 69.4 Å². The minimum Gasteiger partial charge on any atom is -0.393 e. The van der Waals surface area contributed by atoms with Crippen molar-refractivity contribution >= 4 is 12.1 Å². The SMILES string of the molecule is CCCCCCC[C@@H](O)CCC(=O)N/N=C\c1ccccc1. The van der Waals surface area contributed by atoms with E-state index in [0.717, 1.165) is 18.4 Å². The predicted octanol–water partition coefficient (Wildman–Crippen LogP) is 3.64. The fourth-order valence-corrected chi connectivity index (χ4v) is 2.20. The number of rotatable bonds is 11. The van der Waals surface area contributed by atoms with Crippen molar-refractivity contribution in [2.45, 2.75) is 64.4 Å². The molecule has 1 aromatic rings. The highest BCUT2D eigenvalue weighted by atomic mass is 16.3. The van der Waals surface area contributed by atoms with Gasteiger partial charge in [-0.05, 0) is 18.4 Å². The molecule has 0 aromatic heterocycles. The van der Waals surface area contributed by atoms with Gasteiger partial charge in [-0.3, -0.25) is 4.79 Å². The standard InChI is InChI=1S/C18H28N2O2/c1-2-3-4-5-9-12-17(21)13-14-18(22)20-19-15-16-10-7-6-8-11-16/h6-8,10-11,15,17,21H,2-5,9,12-14H2,1H3,(H,20,22)/b19-15-/t17-/m1/s1. The van der Waals surface area contributed by atoms with E-state index in [1.807, 2.05) is 30.3 Å². The number of nitrogens with one attached hydrogen (secondary N) is 1. The van der Waals surface area contributed by atoms with Gasteiger partial charge >= 0.3 is 0 Å². The average molecular weight is 304 g/mol. The van der Waals surface area contributed by atoms with Gasteiger partial charge in [-0.2, -0.15) is 5.10 Å². The molecule has 0 saturated carbocycles. The molecule has 22 heavy (non-hydrogen) atoms. The minimum atomic E-state index is -0.384. The molecule has 4 nitrogen and oxygen atoms in total. The fourth-order valence-electron chi connectivity index (χ4n) is 2.20. The summed E-state index contributed by atoms with van der Waals surface area (Å²) < 4.78 is 0. The second-order valence-corrected chi connectivity index (χ2v) is 5.60. The zero-order chi connectivity index (χ0) is 16.0. The molecule has 0 bridgehead atoms. The van der Waals surface area contributed by atoms with Gasteiger partial charge in [0.2, 0.25) is 5.91 Å². The Bertz CT molecular complexity index is 432. The molecule has 1 rings (SSSR count). The third-order valence-electron chi connectivity index (χ3n) is 3.55. The summed E-state index contributed by atoms with van der Waals surface area (Å²) in [6.07, 6.45) is 8.75. The lowest BCUT2D eigenvalue weighted by Gasteiger charge is -2.09. The van der Waals surface area contributed by atoms with Gasteiger partial charge in [0, 0.05) is 6.42 Å². The Hall–Kier alpha value is -1.68. The molecule has 0 aliphatic rings. The van der Waals surface area contributed by atoms with Gasteiger partial charge in [-0.15, -0.1) is 0 Å². The first-order chi connectivity index (χ1) is 10.7. The molecule has 1 atom stereocenters. The number of nitrogens with zero attached hydrogens (tertiary/aromatic N) is 1. The summed E-state index contributed by atoms with van der Waals surface area (Å²) in [5.41, 5.74) is 3.43. The fraction of sp³-hybridized carbons (Fsp3) is 0.556. The lowest BCUT2D eigenvalue weighted by Crippen LogP contribution is -2.19. The maximum Gasteiger partial charge on any atom is 0.240 e. The molecular weight excluding hydrogens is 276 g/mol. The zero-order valence-corrected chi connectivity index (χ0v) is 13.5. The topological polar surface area (TPSA) is 61.7 Å². The van der Waals surface area contributed by atoms with Crippen molar-refractivity contribution in [3.8, 4) is 0 Å². The number of hydrazone groups is 1. The van der Waals surface area contributed by atoms with Crippen molar-refractivity contribution in [2.75, 3.05) is 0 Å². The summed E-state index contributed by atoms with van der Waals surface area (Å²) in [6.45, 7) is 2.19. The van der Waals surface area contributed by atoms with Gasteiger partial charge < -0.3 is 5.11 Å². The lowest BCUT2D eigenvalue weighted by atomic mass is 10.0. The van der Waals surface area contributed by atoms with Crippen molar-refractivity contribution in [3.05, 3.63) is 35.9 Å². The number of aliphatic hydroxyl groups is 1. The maximum atomic E-state index is 11.6. The highest BCUT2D eigenvalue weighted by Gasteiger charge is 2.07. The summed E-state index contributed by atoms with van der Waals surface area (Å²) in [7, 11) is 0. The van der Waals surface area contributed by atoms with E-state index in [-0.39, 0.29) is 12.0 Å². The smallest absolute Gasteiger partial charge is 0.240 e. The maximum absolute atomic E-state index is 11.6. The van der Waals surface area contributed by atoms with Crippen LogP contribution in [0.15, 0.2) is 35.4 Å². The van der Waals surface area contributed by atoms with Gasteiger partial charge in [0.25, 0.3) is 0 Å². The monoisotopic (exact) mass is 304 g/mol. The number of amides is 1. The first-order valence-electron chi connectivity index (χ1n) is 8.27. The van der Waals surface area contributed by atoms with Crippen LogP contribution >= 0.6 is 0 Å². The van der Waals surface area contributed by atoms with Crippen LogP contribution < -0.4 is 5.43 Å². The summed E-state index contributed by atoms with van der Waals surface area (Å²) >= 11 is 0. The van der Waals surface area contributed by atoms with Gasteiger partial charge in [0.15, 0.2) is 0 Å². The van der Waals surface area contributed by atoms with Crippen molar-refractivity contribution in [1.82, 2.24) is 5.43 Å². The molecule has 0 saturated heterocycles. The number of carbonyl (C=O) groups is 1. The Balaban J connectivity index is 2.08. The molecule has 122 valence electrons.